The molecule has 2 unspecified atom stereocenters. The van der Waals surface area contributed by atoms with Crippen LogP contribution in [0.4, 0.5) is 4.79 Å². The number of hydrogen-bond donors (Lipinski definition) is 1. The second kappa shape index (κ2) is 12.9. The van der Waals surface area contributed by atoms with Gasteiger partial charge in [-0.1, -0.05) is 74.5 Å². The first-order valence-electron chi connectivity index (χ1n) is 13.6. The highest BCUT2D eigenvalue weighted by Gasteiger charge is 2.51. The number of nitrogens with one attached hydrogen (secondary N) is 1. The number of amides is 4. The Morgan fingerprint density at radius 3 is 2.29 bits per heavy atom. The summed E-state index contributed by atoms with van der Waals surface area (Å²) in [6, 6.07) is 18.4. The zero-order valence-electron chi connectivity index (χ0n) is 22.6. The van der Waals surface area contributed by atoms with Gasteiger partial charge < -0.3 is 19.9 Å². The van der Waals surface area contributed by atoms with Crippen LogP contribution in [0.3, 0.4) is 0 Å². The van der Waals surface area contributed by atoms with Gasteiger partial charge in [-0.3, -0.25) is 9.59 Å². The van der Waals surface area contributed by atoms with E-state index in [1.165, 1.54) is 0 Å². The van der Waals surface area contributed by atoms with Gasteiger partial charge in [0.25, 0.3) is 0 Å². The number of urea groups is 1. The lowest BCUT2D eigenvalue weighted by atomic mass is 9.98. The molecule has 3 heterocycles. The number of benzene rings is 2. The molecule has 2 aromatic rings. The van der Waals surface area contributed by atoms with E-state index in [1.54, 1.807) is 26.9 Å². The Labute approximate surface area is 225 Å². The van der Waals surface area contributed by atoms with Crippen molar-refractivity contribution in [2.75, 3.05) is 33.3 Å². The molecule has 38 heavy (non-hydrogen) atoms. The summed E-state index contributed by atoms with van der Waals surface area (Å²) in [7, 11) is 1.74. The van der Waals surface area contributed by atoms with Crippen LogP contribution in [-0.2, 0) is 27.3 Å². The maximum atomic E-state index is 13.7. The number of carbonyl (C=O) groups excluding carboxylic acids is 3. The van der Waals surface area contributed by atoms with Gasteiger partial charge >= 0.3 is 6.03 Å². The van der Waals surface area contributed by atoms with Gasteiger partial charge in [-0.2, -0.15) is 0 Å². The lowest BCUT2D eigenvalue weighted by Gasteiger charge is -2.54. The van der Waals surface area contributed by atoms with Crippen molar-refractivity contribution in [1.29, 1.82) is 0 Å². The van der Waals surface area contributed by atoms with Crippen molar-refractivity contribution in [3.63, 3.8) is 0 Å². The number of carbonyl (C=O) groups is 3. The topological polar surface area (TPSA) is 85.4 Å². The molecule has 0 radical (unpaired) electrons. The average molecular weight is 522 g/mol. The van der Waals surface area contributed by atoms with Gasteiger partial charge in [-0.05, 0) is 24.0 Å². The van der Waals surface area contributed by atoms with Gasteiger partial charge in [-0.25, -0.2) is 14.8 Å². The largest absolute Gasteiger partial charge is 0.376 e. The molecule has 1 N–H and O–H groups in total. The third kappa shape index (κ3) is 6.16. The van der Waals surface area contributed by atoms with Crippen molar-refractivity contribution in [3.8, 4) is 0 Å². The van der Waals surface area contributed by atoms with Gasteiger partial charge in [0.2, 0.25) is 11.8 Å². The Hall–Kier alpha value is -3.43. The molecule has 9 nitrogen and oxygen atoms in total. The van der Waals surface area contributed by atoms with Crippen LogP contribution in [0.15, 0.2) is 60.7 Å². The van der Waals surface area contributed by atoms with Crippen LogP contribution < -0.4 is 5.32 Å². The molecule has 3 aliphatic heterocycles. The molecule has 0 saturated carbocycles. The van der Waals surface area contributed by atoms with Crippen molar-refractivity contribution < 1.29 is 19.1 Å². The normalized spacial score (nSPS) is 23.6. The van der Waals surface area contributed by atoms with Crippen LogP contribution in [0.1, 0.15) is 37.8 Å². The van der Waals surface area contributed by atoms with E-state index >= 15 is 0 Å². The number of hydrogen-bond acceptors (Lipinski definition) is 5. The van der Waals surface area contributed by atoms with E-state index < -0.39 is 12.2 Å². The molecule has 4 amide bonds. The minimum absolute atomic E-state index is 0.0183. The summed E-state index contributed by atoms with van der Waals surface area (Å²) in [6.45, 7) is 5.81. The van der Waals surface area contributed by atoms with Gasteiger partial charge in [0.1, 0.15) is 12.2 Å². The van der Waals surface area contributed by atoms with Crippen LogP contribution in [0.25, 0.3) is 0 Å². The molecule has 0 aromatic heterocycles. The SMILES string of the molecule is CC.CN1CC(=O)N2C(CN(CC3CCCO3)C(=O)[C@@H]2Cc2ccccc2)N1C(=O)NCc1ccccc1. The van der Waals surface area contributed by atoms with Crippen molar-refractivity contribution >= 4 is 17.8 Å². The second-order valence-electron chi connectivity index (χ2n) is 9.67. The molecule has 2 aromatic carbocycles. The predicted molar refractivity (Wildman–Crippen MR) is 145 cm³/mol. The summed E-state index contributed by atoms with van der Waals surface area (Å²) in [5.41, 5.74) is 1.96. The minimum Gasteiger partial charge on any atom is -0.376 e. The number of hydrazine groups is 1. The molecule has 3 fully saturated rings. The van der Waals surface area contributed by atoms with E-state index in [0.717, 1.165) is 24.0 Å². The molecule has 3 aliphatic rings. The molecule has 0 aliphatic carbocycles. The van der Waals surface area contributed by atoms with Gasteiger partial charge in [0.15, 0.2) is 0 Å². The Bertz CT molecular complexity index is 1080. The van der Waals surface area contributed by atoms with Gasteiger partial charge in [-0.15, -0.1) is 0 Å². The second-order valence-corrected chi connectivity index (χ2v) is 9.67. The first-order chi connectivity index (χ1) is 18.5. The summed E-state index contributed by atoms with van der Waals surface area (Å²) < 4.78 is 5.82. The van der Waals surface area contributed by atoms with E-state index in [-0.39, 0.29) is 37.0 Å². The Balaban J connectivity index is 0.00000164. The van der Waals surface area contributed by atoms with Crippen molar-refractivity contribution in [1.82, 2.24) is 25.1 Å². The van der Waals surface area contributed by atoms with E-state index in [4.69, 9.17) is 4.74 Å². The summed E-state index contributed by atoms with van der Waals surface area (Å²) in [5, 5.41) is 6.24. The number of likely N-dealkylation sites (N-methyl/N-ethyl adjacent to an activating group) is 1. The Kier molecular flexibility index (Phi) is 9.36. The van der Waals surface area contributed by atoms with Gasteiger partial charge in [0, 0.05) is 33.2 Å². The quantitative estimate of drug-likeness (QED) is 0.632. The summed E-state index contributed by atoms with van der Waals surface area (Å²) in [4.78, 5) is 43.9. The highest BCUT2D eigenvalue weighted by molar-refractivity contribution is 5.91. The zero-order valence-corrected chi connectivity index (χ0v) is 22.6. The molecule has 9 heteroatoms. The van der Waals surface area contributed by atoms with Crippen molar-refractivity contribution in [2.24, 2.45) is 0 Å². The molecule has 0 bridgehead atoms. The first-order valence-corrected chi connectivity index (χ1v) is 13.6. The predicted octanol–water partition coefficient (Wildman–Crippen LogP) is 2.87. The van der Waals surface area contributed by atoms with Crippen LogP contribution in [-0.4, -0.2) is 89.3 Å². The van der Waals surface area contributed by atoms with Crippen molar-refractivity contribution in [3.05, 3.63) is 71.8 Å². The molecule has 3 atom stereocenters. The maximum absolute atomic E-state index is 13.7. The zero-order chi connectivity index (χ0) is 27.1. The van der Waals surface area contributed by atoms with Crippen LogP contribution in [0.5, 0.6) is 0 Å². The van der Waals surface area contributed by atoms with Gasteiger partial charge in [0.05, 0.1) is 19.2 Å². The number of nitrogens with zero attached hydrogens (tertiary/aromatic N) is 4. The fraction of sp³-hybridized carbons (Fsp3) is 0.483. The third-order valence-electron chi connectivity index (χ3n) is 7.15. The van der Waals surface area contributed by atoms with E-state index in [0.29, 0.717) is 26.1 Å². The lowest BCUT2D eigenvalue weighted by Crippen LogP contribution is -2.76. The third-order valence-corrected chi connectivity index (χ3v) is 7.15. The Morgan fingerprint density at radius 2 is 1.66 bits per heavy atom. The summed E-state index contributed by atoms with van der Waals surface area (Å²) in [5.74, 6) is -0.242. The lowest BCUT2D eigenvalue weighted by molar-refractivity contribution is -0.188. The van der Waals surface area contributed by atoms with E-state index in [2.05, 4.69) is 5.32 Å². The summed E-state index contributed by atoms with van der Waals surface area (Å²) in [6.07, 6.45) is 1.66. The monoisotopic (exact) mass is 521 g/mol. The number of rotatable bonds is 6. The maximum Gasteiger partial charge on any atom is 0.334 e. The molecule has 0 spiro atoms. The molecule has 3 saturated heterocycles. The molecule has 204 valence electrons. The fourth-order valence-corrected chi connectivity index (χ4v) is 5.40. The minimum atomic E-state index is -0.682. The van der Waals surface area contributed by atoms with Crippen molar-refractivity contribution in [2.45, 2.75) is 58.0 Å². The number of ether oxygens (including phenoxy) is 1. The molecular formula is C29H39N5O4. The smallest absolute Gasteiger partial charge is 0.334 e. The first kappa shape index (κ1) is 27.6. The molecule has 5 rings (SSSR count). The number of fused-ring (bicyclic) bond motifs is 1. The van der Waals surface area contributed by atoms with Crippen LogP contribution in [0, 0.1) is 0 Å². The number of piperazine rings is 1. The van der Waals surface area contributed by atoms with E-state index in [9.17, 15) is 14.4 Å². The van der Waals surface area contributed by atoms with Crippen LogP contribution in [0.2, 0.25) is 0 Å². The van der Waals surface area contributed by atoms with Crippen LogP contribution >= 0.6 is 0 Å². The summed E-state index contributed by atoms with van der Waals surface area (Å²) >= 11 is 0. The fourth-order valence-electron chi connectivity index (χ4n) is 5.40. The Morgan fingerprint density at radius 1 is 1.00 bits per heavy atom. The highest BCUT2D eigenvalue weighted by atomic mass is 16.5. The van der Waals surface area contributed by atoms with E-state index in [1.807, 2.05) is 74.5 Å². The standard InChI is InChI=1S/C27H33N5O4.C2H6/c1-29-19-25(33)31-23(15-20-9-4-2-5-10-20)26(34)30(17-22-13-8-14-36-22)18-24(31)32(29)27(35)28-16-21-11-6-3-7-12-21;1-2/h2-7,9-12,22-24H,8,13-19H2,1H3,(H,28,35);1-2H3/t22?,23-,24?;/m0./s1. The highest BCUT2D eigenvalue weighted by Crippen LogP contribution is 2.28. The average Bonchev–Trinajstić information content (AvgIpc) is 3.45. The molecular weight excluding hydrogens is 482 g/mol.